The van der Waals surface area contributed by atoms with E-state index >= 15 is 0 Å². The van der Waals surface area contributed by atoms with Gasteiger partial charge in [0, 0.05) is 12.1 Å². The number of allylic oxidation sites excluding steroid dienone is 2. The molecular weight excluding hydrogens is 214 g/mol. The number of rotatable bonds is 7. The van der Waals surface area contributed by atoms with Gasteiger partial charge in [-0.3, -0.25) is 4.98 Å². The molecule has 1 unspecified atom stereocenters. The average molecular weight is 235 g/mol. The Bertz CT molecular complexity index is 327. The Morgan fingerprint density at radius 3 is 2.94 bits per heavy atom. The Kier molecular flexibility index (Phi) is 6.29. The molecule has 0 fully saturated rings. The maximum absolute atomic E-state index is 9.85. The van der Waals surface area contributed by atoms with Crippen molar-refractivity contribution in [2.24, 2.45) is 5.92 Å². The largest absolute Gasteiger partial charge is 0.377 e. The second kappa shape index (κ2) is 7.81. The van der Waals surface area contributed by atoms with Crippen LogP contribution in [0.15, 0.2) is 36.7 Å². The lowest BCUT2D eigenvalue weighted by atomic mass is 10.1. The molecule has 1 rings (SSSR count). The third-order valence-corrected chi connectivity index (χ3v) is 2.48. The smallest absolute Gasteiger partial charge is 0.124 e. The SMILES string of the molecule is CC/C=C\CC(C)[C@H](O)NNc1cccnc1. The minimum atomic E-state index is -0.586. The monoisotopic (exact) mass is 235 g/mol. The van der Waals surface area contributed by atoms with Crippen LogP contribution < -0.4 is 10.9 Å². The third-order valence-electron chi connectivity index (χ3n) is 2.48. The van der Waals surface area contributed by atoms with Gasteiger partial charge in [0.15, 0.2) is 0 Å². The number of aliphatic hydroxyl groups excluding tert-OH is 1. The van der Waals surface area contributed by atoms with Crippen LogP contribution in [0.4, 0.5) is 5.69 Å². The summed E-state index contributed by atoms with van der Waals surface area (Å²) < 4.78 is 0. The van der Waals surface area contributed by atoms with Crippen LogP contribution in [0.5, 0.6) is 0 Å². The normalized spacial score (nSPS) is 14.8. The van der Waals surface area contributed by atoms with Crippen molar-refractivity contribution in [1.82, 2.24) is 10.4 Å². The maximum atomic E-state index is 9.85. The van der Waals surface area contributed by atoms with E-state index in [-0.39, 0.29) is 5.92 Å². The van der Waals surface area contributed by atoms with E-state index in [2.05, 4.69) is 34.9 Å². The number of aromatic nitrogens is 1. The predicted molar refractivity (Wildman–Crippen MR) is 70.2 cm³/mol. The lowest BCUT2D eigenvalue weighted by molar-refractivity contribution is 0.0916. The molecule has 0 aromatic carbocycles. The van der Waals surface area contributed by atoms with Gasteiger partial charge in [-0.15, -0.1) is 0 Å². The van der Waals surface area contributed by atoms with E-state index < -0.39 is 6.23 Å². The summed E-state index contributed by atoms with van der Waals surface area (Å²) in [4.78, 5) is 3.97. The van der Waals surface area contributed by atoms with Crippen molar-refractivity contribution in [1.29, 1.82) is 0 Å². The number of hydrazine groups is 1. The van der Waals surface area contributed by atoms with Crippen molar-refractivity contribution in [3.05, 3.63) is 36.7 Å². The van der Waals surface area contributed by atoms with Crippen molar-refractivity contribution in [2.75, 3.05) is 5.43 Å². The summed E-state index contributed by atoms with van der Waals surface area (Å²) >= 11 is 0. The highest BCUT2D eigenvalue weighted by molar-refractivity contribution is 5.38. The van der Waals surface area contributed by atoms with E-state index in [9.17, 15) is 5.11 Å². The molecule has 3 N–H and O–H groups in total. The zero-order valence-electron chi connectivity index (χ0n) is 10.4. The van der Waals surface area contributed by atoms with Gasteiger partial charge in [-0.1, -0.05) is 26.0 Å². The van der Waals surface area contributed by atoms with Gasteiger partial charge in [0.2, 0.25) is 0 Å². The number of nitrogens with zero attached hydrogens (tertiary/aromatic N) is 1. The van der Waals surface area contributed by atoms with Crippen molar-refractivity contribution in [3.63, 3.8) is 0 Å². The molecule has 0 saturated heterocycles. The average Bonchev–Trinajstić information content (AvgIpc) is 2.37. The van der Waals surface area contributed by atoms with Crippen LogP contribution in [0.3, 0.4) is 0 Å². The van der Waals surface area contributed by atoms with E-state index in [4.69, 9.17) is 0 Å². The van der Waals surface area contributed by atoms with Crippen LogP contribution in [0.2, 0.25) is 0 Å². The fraction of sp³-hybridized carbons (Fsp3) is 0.462. The second-order valence-electron chi connectivity index (χ2n) is 4.05. The molecule has 4 heteroatoms. The van der Waals surface area contributed by atoms with E-state index in [1.165, 1.54) is 0 Å². The van der Waals surface area contributed by atoms with Crippen molar-refractivity contribution < 1.29 is 5.11 Å². The summed E-state index contributed by atoms with van der Waals surface area (Å²) in [6, 6.07) is 3.72. The molecule has 0 spiro atoms. The molecule has 94 valence electrons. The standard InChI is InChI=1S/C13H21N3O/c1-3-4-5-7-11(2)13(17)16-15-12-8-6-9-14-10-12/h4-6,8-11,13,15-17H,3,7H2,1-2H3/b5-4-/t11?,13-/m0/s1. The third kappa shape index (κ3) is 5.47. The van der Waals surface area contributed by atoms with Gasteiger partial charge in [-0.25, -0.2) is 5.43 Å². The van der Waals surface area contributed by atoms with Crippen LogP contribution in [-0.2, 0) is 0 Å². The summed E-state index contributed by atoms with van der Waals surface area (Å²) in [7, 11) is 0. The number of nitrogens with one attached hydrogen (secondary N) is 2. The summed E-state index contributed by atoms with van der Waals surface area (Å²) in [5.74, 6) is 0.155. The summed E-state index contributed by atoms with van der Waals surface area (Å²) in [5.41, 5.74) is 6.62. The highest BCUT2D eigenvalue weighted by atomic mass is 16.3. The van der Waals surface area contributed by atoms with Gasteiger partial charge in [-0.05, 0) is 25.0 Å². The van der Waals surface area contributed by atoms with Crippen molar-refractivity contribution in [2.45, 2.75) is 32.9 Å². The Labute approximate surface area is 103 Å². The maximum Gasteiger partial charge on any atom is 0.124 e. The lowest BCUT2D eigenvalue weighted by Gasteiger charge is -2.19. The molecular formula is C13H21N3O. The summed E-state index contributed by atoms with van der Waals surface area (Å²) in [5, 5.41) is 9.85. The van der Waals surface area contributed by atoms with Crippen LogP contribution in [0.25, 0.3) is 0 Å². The molecule has 1 heterocycles. The first-order valence-corrected chi connectivity index (χ1v) is 5.98. The molecule has 4 nitrogen and oxygen atoms in total. The molecule has 0 radical (unpaired) electrons. The first-order valence-electron chi connectivity index (χ1n) is 5.98. The molecule has 17 heavy (non-hydrogen) atoms. The van der Waals surface area contributed by atoms with Crippen LogP contribution in [0.1, 0.15) is 26.7 Å². The topological polar surface area (TPSA) is 57.2 Å². The summed E-state index contributed by atoms with van der Waals surface area (Å²) in [6.07, 6.45) is 8.91. The lowest BCUT2D eigenvalue weighted by Crippen LogP contribution is -2.38. The Morgan fingerprint density at radius 1 is 1.47 bits per heavy atom. The first kappa shape index (κ1) is 13.7. The van der Waals surface area contributed by atoms with Crippen LogP contribution in [0, 0.1) is 5.92 Å². The highest BCUT2D eigenvalue weighted by Crippen LogP contribution is 2.08. The van der Waals surface area contributed by atoms with Gasteiger partial charge < -0.3 is 10.5 Å². The zero-order chi connectivity index (χ0) is 12.5. The fourth-order valence-electron chi connectivity index (χ4n) is 1.34. The van der Waals surface area contributed by atoms with Gasteiger partial charge in [0.05, 0.1) is 11.9 Å². The van der Waals surface area contributed by atoms with Gasteiger partial charge >= 0.3 is 0 Å². The van der Waals surface area contributed by atoms with E-state index in [1.54, 1.807) is 12.4 Å². The van der Waals surface area contributed by atoms with Gasteiger partial charge in [-0.2, -0.15) is 0 Å². The highest BCUT2D eigenvalue weighted by Gasteiger charge is 2.11. The predicted octanol–water partition coefficient (Wildman–Crippen LogP) is 2.31. The minimum Gasteiger partial charge on any atom is -0.377 e. The molecule has 0 aliphatic rings. The molecule has 0 aliphatic heterocycles. The van der Waals surface area contributed by atoms with Crippen molar-refractivity contribution in [3.8, 4) is 0 Å². The Morgan fingerprint density at radius 2 is 2.29 bits per heavy atom. The quantitative estimate of drug-likeness (QED) is 0.385. The molecule has 0 aliphatic carbocycles. The Hall–Kier alpha value is -1.39. The number of aliphatic hydroxyl groups is 1. The zero-order valence-corrected chi connectivity index (χ0v) is 10.4. The van der Waals surface area contributed by atoms with E-state index in [1.807, 2.05) is 19.1 Å². The fourth-order valence-corrected chi connectivity index (χ4v) is 1.34. The molecule has 0 saturated carbocycles. The van der Waals surface area contributed by atoms with Crippen LogP contribution >= 0.6 is 0 Å². The Balaban J connectivity index is 2.29. The number of hydrogen-bond acceptors (Lipinski definition) is 4. The number of anilines is 1. The molecule has 1 aromatic heterocycles. The number of pyridine rings is 1. The van der Waals surface area contributed by atoms with E-state index in [0.29, 0.717) is 0 Å². The molecule has 0 amide bonds. The van der Waals surface area contributed by atoms with Crippen molar-refractivity contribution >= 4 is 5.69 Å². The van der Waals surface area contributed by atoms with Gasteiger partial charge in [0.1, 0.15) is 6.23 Å². The number of hydrogen-bond donors (Lipinski definition) is 3. The summed E-state index contributed by atoms with van der Waals surface area (Å²) in [6.45, 7) is 4.10. The molecule has 2 atom stereocenters. The van der Waals surface area contributed by atoms with E-state index in [0.717, 1.165) is 18.5 Å². The minimum absolute atomic E-state index is 0.155. The second-order valence-corrected chi connectivity index (χ2v) is 4.05. The first-order chi connectivity index (χ1) is 8.24. The van der Waals surface area contributed by atoms with Gasteiger partial charge in [0.25, 0.3) is 0 Å². The molecule has 0 bridgehead atoms. The van der Waals surface area contributed by atoms with Crippen LogP contribution in [-0.4, -0.2) is 16.3 Å². The molecule has 1 aromatic rings.